The van der Waals surface area contributed by atoms with Crippen LogP contribution in [0.15, 0.2) is 0 Å². The van der Waals surface area contributed by atoms with E-state index in [1.165, 1.54) is 0 Å². The topological polar surface area (TPSA) is 29.5 Å². The summed E-state index contributed by atoms with van der Waals surface area (Å²) in [4.78, 5) is 0. The number of rotatable bonds is 2. The van der Waals surface area contributed by atoms with Gasteiger partial charge in [-0.15, -0.1) is 0 Å². The molecule has 0 aromatic rings. The predicted molar refractivity (Wildman–Crippen MR) is 49.1 cm³/mol. The molecule has 1 heterocycles. The quantitative estimate of drug-likeness (QED) is 0.690. The smallest absolute Gasteiger partial charge is 0.0704 e. The van der Waals surface area contributed by atoms with Crippen LogP contribution < -0.4 is 0 Å². The van der Waals surface area contributed by atoms with E-state index >= 15 is 0 Å². The Morgan fingerprint density at radius 3 is 2.83 bits per heavy atom. The van der Waals surface area contributed by atoms with Gasteiger partial charge in [-0.1, -0.05) is 20.3 Å². The van der Waals surface area contributed by atoms with Gasteiger partial charge < -0.3 is 9.84 Å². The molecule has 0 saturated carbocycles. The normalized spacial score (nSPS) is 39.5. The van der Waals surface area contributed by atoms with E-state index in [-0.39, 0.29) is 11.7 Å². The lowest BCUT2D eigenvalue weighted by Crippen LogP contribution is -2.44. The molecule has 0 radical (unpaired) electrons. The SMILES string of the molecule is CCC(C)C1(C)CC(O)CCO1. The van der Waals surface area contributed by atoms with Crippen LogP contribution in [0.2, 0.25) is 0 Å². The number of aliphatic hydroxyl groups is 1. The van der Waals surface area contributed by atoms with Crippen molar-refractivity contribution in [1.29, 1.82) is 0 Å². The molecule has 1 aliphatic heterocycles. The Balaban J connectivity index is 2.56. The Labute approximate surface area is 74.9 Å². The first kappa shape index (κ1) is 10.0. The molecular weight excluding hydrogens is 152 g/mol. The second-order valence-corrected chi connectivity index (χ2v) is 4.12. The first-order valence-corrected chi connectivity index (χ1v) is 4.90. The molecule has 12 heavy (non-hydrogen) atoms. The fraction of sp³-hybridized carbons (Fsp3) is 1.00. The van der Waals surface area contributed by atoms with E-state index < -0.39 is 0 Å². The maximum atomic E-state index is 9.51. The molecule has 1 saturated heterocycles. The Morgan fingerprint density at radius 2 is 2.33 bits per heavy atom. The Hall–Kier alpha value is -0.0800. The molecule has 0 bridgehead atoms. The lowest BCUT2D eigenvalue weighted by molar-refractivity contribution is -0.135. The van der Waals surface area contributed by atoms with E-state index in [4.69, 9.17) is 4.74 Å². The van der Waals surface area contributed by atoms with Crippen LogP contribution in [0.3, 0.4) is 0 Å². The van der Waals surface area contributed by atoms with Crippen LogP contribution in [0.1, 0.15) is 40.0 Å². The van der Waals surface area contributed by atoms with Crippen molar-refractivity contribution < 1.29 is 9.84 Å². The van der Waals surface area contributed by atoms with Gasteiger partial charge in [-0.2, -0.15) is 0 Å². The number of ether oxygens (including phenoxy) is 1. The lowest BCUT2D eigenvalue weighted by Gasteiger charge is -2.40. The molecule has 1 fully saturated rings. The molecule has 3 unspecified atom stereocenters. The summed E-state index contributed by atoms with van der Waals surface area (Å²) in [6.45, 7) is 7.18. The summed E-state index contributed by atoms with van der Waals surface area (Å²) in [7, 11) is 0. The fourth-order valence-corrected chi connectivity index (χ4v) is 1.83. The van der Waals surface area contributed by atoms with Gasteiger partial charge in [-0.25, -0.2) is 0 Å². The molecule has 2 nitrogen and oxygen atoms in total. The standard InChI is InChI=1S/C10H20O2/c1-4-8(2)10(3)7-9(11)5-6-12-10/h8-9,11H,4-7H2,1-3H3. The van der Waals surface area contributed by atoms with Crippen molar-refractivity contribution in [2.75, 3.05) is 6.61 Å². The summed E-state index contributed by atoms with van der Waals surface area (Å²) < 4.78 is 5.73. The van der Waals surface area contributed by atoms with Crippen LogP contribution in [-0.2, 0) is 4.74 Å². The number of hydrogen-bond donors (Lipinski definition) is 1. The second kappa shape index (κ2) is 3.75. The highest BCUT2D eigenvalue weighted by Crippen LogP contribution is 2.33. The third kappa shape index (κ3) is 1.99. The molecule has 0 aromatic carbocycles. The van der Waals surface area contributed by atoms with Gasteiger partial charge in [0.05, 0.1) is 11.7 Å². The fourth-order valence-electron chi connectivity index (χ4n) is 1.83. The first-order chi connectivity index (χ1) is 5.58. The van der Waals surface area contributed by atoms with Crippen molar-refractivity contribution in [3.8, 4) is 0 Å². The van der Waals surface area contributed by atoms with Crippen LogP contribution in [-0.4, -0.2) is 23.4 Å². The molecule has 1 N–H and O–H groups in total. The lowest BCUT2D eigenvalue weighted by atomic mass is 9.81. The van der Waals surface area contributed by atoms with E-state index in [1.54, 1.807) is 0 Å². The van der Waals surface area contributed by atoms with Gasteiger partial charge in [-0.3, -0.25) is 0 Å². The Kier molecular flexibility index (Phi) is 3.13. The zero-order valence-electron chi connectivity index (χ0n) is 8.34. The third-order valence-electron chi connectivity index (χ3n) is 3.18. The van der Waals surface area contributed by atoms with E-state index in [1.807, 2.05) is 0 Å². The summed E-state index contributed by atoms with van der Waals surface area (Å²) in [6.07, 6.45) is 2.55. The minimum absolute atomic E-state index is 0.0909. The van der Waals surface area contributed by atoms with E-state index in [0.717, 1.165) is 19.3 Å². The van der Waals surface area contributed by atoms with Crippen molar-refractivity contribution in [3.63, 3.8) is 0 Å². The van der Waals surface area contributed by atoms with Crippen molar-refractivity contribution >= 4 is 0 Å². The summed E-state index contributed by atoms with van der Waals surface area (Å²) in [5, 5.41) is 9.51. The number of aliphatic hydroxyl groups excluding tert-OH is 1. The maximum Gasteiger partial charge on any atom is 0.0704 e. The predicted octanol–water partition coefficient (Wildman–Crippen LogP) is 1.96. The van der Waals surface area contributed by atoms with Gasteiger partial charge in [0.1, 0.15) is 0 Å². The van der Waals surface area contributed by atoms with Crippen LogP contribution in [0, 0.1) is 5.92 Å². The molecule has 72 valence electrons. The summed E-state index contributed by atoms with van der Waals surface area (Å²) >= 11 is 0. The van der Waals surface area contributed by atoms with Gasteiger partial charge in [0.25, 0.3) is 0 Å². The third-order valence-corrected chi connectivity index (χ3v) is 3.18. The minimum atomic E-state index is -0.155. The number of hydrogen-bond acceptors (Lipinski definition) is 2. The van der Waals surface area contributed by atoms with Crippen LogP contribution in [0.25, 0.3) is 0 Å². The monoisotopic (exact) mass is 172 g/mol. The average Bonchev–Trinajstić information content (AvgIpc) is 2.02. The van der Waals surface area contributed by atoms with E-state index in [9.17, 15) is 5.11 Å². The van der Waals surface area contributed by atoms with Gasteiger partial charge in [0, 0.05) is 13.0 Å². The summed E-state index contributed by atoms with van der Waals surface area (Å²) in [5.74, 6) is 0.535. The zero-order valence-corrected chi connectivity index (χ0v) is 8.34. The molecule has 0 aliphatic carbocycles. The second-order valence-electron chi connectivity index (χ2n) is 4.12. The van der Waals surface area contributed by atoms with Gasteiger partial charge in [-0.05, 0) is 19.3 Å². The maximum absolute atomic E-state index is 9.51. The van der Waals surface area contributed by atoms with Crippen molar-refractivity contribution in [2.45, 2.75) is 51.7 Å². The van der Waals surface area contributed by atoms with Crippen molar-refractivity contribution in [2.24, 2.45) is 5.92 Å². The average molecular weight is 172 g/mol. The first-order valence-electron chi connectivity index (χ1n) is 4.90. The molecule has 0 spiro atoms. The highest BCUT2D eigenvalue weighted by Gasteiger charge is 2.36. The van der Waals surface area contributed by atoms with Crippen LogP contribution >= 0.6 is 0 Å². The largest absolute Gasteiger partial charge is 0.393 e. The minimum Gasteiger partial charge on any atom is -0.393 e. The van der Waals surface area contributed by atoms with Crippen molar-refractivity contribution in [3.05, 3.63) is 0 Å². The molecule has 0 amide bonds. The molecule has 1 aliphatic rings. The Morgan fingerprint density at radius 1 is 1.67 bits per heavy atom. The van der Waals surface area contributed by atoms with E-state index in [2.05, 4.69) is 20.8 Å². The van der Waals surface area contributed by atoms with Gasteiger partial charge in [0.2, 0.25) is 0 Å². The highest BCUT2D eigenvalue weighted by atomic mass is 16.5. The molecular formula is C10H20O2. The molecule has 1 rings (SSSR count). The van der Waals surface area contributed by atoms with Gasteiger partial charge >= 0.3 is 0 Å². The van der Waals surface area contributed by atoms with Crippen LogP contribution in [0.4, 0.5) is 0 Å². The van der Waals surface area contributed by atoms with Crippen molar-refractivity contribution in [1.82, 2.24) is 0 Å². The van der Waals surface area contributed by atoms with Crippen LogP contribution in [0.5, 0.6) is 0 Å². The summed E-state index contributed by atoms with van der Waals surface area (Å²) in [6, 6.07) is 0. The van der Waals surface area contributed by atoms with Gasteiger partial charge in [0.15, 0.2) is 0 Å². The molecule has 0 aromatic heterocycles. The molecule has 2 heteroatoms. The zero-order chi connectivity index (χ0) is 9.19. The summed E-state index contributed by atoms with van der Waals surface area (Å²) in [5.41, 5.74) is -0.0909. The highest BCUT2D eigenvalue weighted by molar-refractivity contribution is 4.86. The van der Waals surface area contributed by atoms with E-state index in [0.29, 0.717) is 12.5 Å². The Bertz CT molecular complexity index is 147. The molecule has 3 atom stereocenters.